The Hall–Kier alpha value is -3.15. The monoisotopic (exact) mass is 393 g/mol. The van der Waals surface area contributed by atoms with Crippen molar-refractivity contribution >= 4 is 5.91 Å². The van der Waals surface area contributed by atoms with E-state index in [9.17, 15) is 9.18 Å². The van der Waals surface area contributed by atoms with Gasteiger partial charge in [-0.3, -0.25) is 9.48 Å². The van der Waals surface area contributed by atoms with E-state index in [1.165, 1.54) is 23.3 Å². The van der Waals surface area contributed by atoms with Gasteiger partial charge in [-0.25, -0.2) is 4.39 Å². The van der Waals surface area contributed by atoms with E-state index in [0.717, 1.165) is 24.8 Å². The van der Waals surface area contributed by atoms with Crippen LogP contribution in [0.4, 0.5) is 4.39 Å². The van der Waals surface area contributed by atoms with Gasteiger partial charge >= 0.3 is 0 Å². The van der Waals surface area contributed by atoms with Crippen LogP contribution in [0, 0.1) is 5.82 Å². The lowest BCUT2D eigenvalue weighted by Gasteiger charge is -2.25. The first-order valence-corrected chi connectivity index (χ1v) is 9.91. The number of carbonyl (C=O) groups is 1. The SMILES string of the molecule is O=C(COc1cnn(Cc2ccc(F)cc2)c1)NCC1CCCc2ccccc21. The van der Waals surface area contributed by atoms with Gasteiger partial charge in [-0.1, -0.05) is 36.4 Å². The number of fused-ring (bicyclic) bond motifs is 1. The van der Waals surface area contributed by atoms with Gasteiger partial charge in [0.15, 0.2) is 12.4 Å². The van der Waals surface area contributed by atoms with Crippen LogP contribution in [0.1, 0.15) is 35.4 Å². The van der Waals surface area contributed by atoms with E-state index in [1.54, 1.807) is 29.2 Å². The van der Waals surface area contributed by atoms with Crippen LogP contribution in [0.5, 0.6) is 5.75 Å². The first kappa shape index (κ1) is 19.2. The Morgan fingerprint density at radius 3 is 2.90 bits per heavy atom. The molecule has 0 aliphatic heterocycles. The Bertz CT molecular complexity index is 968. The Morgan fingerprint density at radius 1 is 1.21 bits per heavy atom. The highest BCUT2D eigenvalue weighted by Crippen LogP contribution is 2.30. The number of hydrogen-bond donors (Lipinski definition) is 1. The number of hydrogen-bond acceptors (Lipinski definition) is 3. The van der Waals surface area contributed by atoms with E-state index in [4.69, 9.17) is 4.74 Å². The van der Waals surface area contributed by atoms with E-state index in [2.05, 4.69) is 34.7 Å². The van der Waals surface area contributed by atoms with E-state index in [0.29, 0.717) is 24.8 Å². The Kier molecular flexibility index (Phi) is 5.89. The van der Waals surface area contributed by atoms with Crippen LogP contribution in [-0.4, -0.2) is 28.8 Å². The normalized spacial score (nSPS) is 15.6. The van der Waals surface area contributed by atoms with E-state index < -0.39 is 0 Å². The van der Waals surface area contributed by atoms with Crippen LogP contribution in [0.3, 0.4) is 0 Å². The fourth-order valence-corrected chi connectivity index (χ4v) is 3.79. The standard InChI is InChI=1S/C23H24FN3O2/c24-20-10-8-17(9-11-20)14-27-15-21(13-26-27)29-16-23(28)25-12-19-6-3-5-18-4-1-2-7-22(18)19/h1-2,4,7-11,13,15,19H,3,5-6,12,14,16H2,(H,25,28). The van der Waals surface area contributed by atoms with Gasteiger partial charge < -0.3 is 10.1 Å². The van der Waals surface area contributed by atoms with Crippen LogP contribution in [-0.2, 0) is 17.8 Å². The summed E-state index contributed by atoms with van der Waals surface area (Å²) in [4.78, 5) is 12.2. The highest BCUT2D eigenvalue weighted by Gasteiger charge is 2.20. The molecule has 150 valence electrons. The molecule has 3 aromatic rings. The number of carbonyl (C=O) groups excluding carboxylic acids is 1. The molecule has 0 radical (unpaired) electrons. The van der Waals surface area contributed by atoms with Crippen LogP contribution >= 0.6 is 0 Å². The second kappa shape index (κ2) is 8.90. The highest BCUT2D eigenvalue weighted by molar-refractivity contribution is 5.77. The molecule has 29 heavy (non-hydrogen) atoms. The molecule has 1 aliphatic carbocycles. The van der Waals surface area contributed by atoms with Crippen LogP contribution in [0.15, 0.2) is 60.9 Å². The summed E-state index contributed by atoms with van der Waals surface area (Å²) >= 11 is 0. The van der Waals surface area contributed by atoms with Crippen molar-refractivity contribution in [1.82, 2.24) is 15.1 Å². The third-order valence-corrected chi connectivity index (χ3v) is 5.28. The van der Waals surface area contributed by atoms with E-state index >= 15 is 0 Å². The van der Waals surface area contributed by atoms with Crippen LogP contribution < -0.4 is 10.1 Å². The molecule has 1 amide bonds. The first-order valence-electron chi connectivity index (χ1n) is 9.91. The number of aryl methyl sites for hydroxylation is 1. The molecule has 0 spiro atoms. The largest absolute Gasteiger partial charge is 0.480 e. The van der Waals surface area contributed by atoms with Crippen molar-refractivity contribution in [3.63, 3.8) is 0 Å². The Labute approximate surface area is 169 Å². The molecule has 0 saturated carbocycles. The number of aromatic nitrogens is 2. The molecule has 1 atom stereocenters. The zero-order chi connectivity index (χ0) is 20.1. The summed E-state index contributed by atoms with van der Waals surface area (Å²) in [5, 5.41) is 7.21. The molecule has 0 saturated heterocycles. The average Bonchev–Trinajstić information content (AvgIpc) is 3.19. The third-order valence-electron chi connectivity index (χ3n) is 5.28. The van der Waals surface area contributed by atoms with Crippen molar-refractivity contribution in [1.29, 1.82) is 0 Å². The summed E-state index contributed by atoms with van der Waals surface area (Å²) in [6, 6.07) is 14.8. The second-order valence-electron chi connectivity index (χ2n) is 7.38. The maximum Gasteiger partial charge on any atom is 0.257 e. The molecule has 1 aliphatic rings. The van der Waals surface area contributed by atoms with Gasteiger partial charge in [0.1, 0.15) is 5.82 Å². The summed E-state index contributed by atoms with van der Waals surface area (Å²) in [5.41, 5.74) is 3.68. The molecule has 4 rings (SSSR count). The minimum atomic E-state index is -0.263. The van der Waals surface area contributed by atoms with Crippen molar-refractivity contribution in [2.24, 2.45) is 0 Å². The molecule has 1 unspecified atom stereocenters. The van der Waals surface area contributed by atoms with E-state index in [-0.39, 0.29) is 18.3 Å². The molecule has 1 heterocycles. The van der Waals surface area contributed by atoms with Crippen molar-refractivity contribution < 1.29 is 13.9 Å². The maximum atomic E-state index is 13.0. The fourth-order valence-electron chi connectivity index (χ4n) is 3.79. The minimum Gasteiger partial charge on any atom is -0.480 e. The van der Waals surface area contributed by atoms with Gasteiger partial charge in [0.2, 0.25) is 0 Å². The zero-order valence-electron chi connectivity index (χ0n) is 16.2. The van der Waals surface area contributed by atoms with Crippen LogP contribution in [0.25, 0.3) is 0 Å². The highest BCUT2D eigenvalue weighted by atomic mass is 19.1. The molecule has 2 aromatic carbocycles. The summed E-state index contributed by atoms with van der Waals surface area (Å²) in [6.07, 6.45) is 6.67. The van der Waals surface area contributed by atoms with Crippen molar-refractivity contribution in [3.8, 4) is 5.75 Å². The van der Waals surface area contributed by atoms with Crippen molar-refractivity contribution in [2.75, 3.05) is 13.2 Å². The number of halogens is 1. The van der Waals surface area contributed by atoms with Gasteiger partial charge in [0.25, 0.3) is 5.91 Å². The predicted molar refractivity (Wildman–Crippen MR) is 108 cm³/mol. The lowest BCUT2D eigenvalue weighted by atomic mass is 9.83. The number of benzene rings is 2. The number of amides is 1. The summed E-state index contributed by atoms with van der Waals surface area (Å²) < 4.78 is 20.2. The third kappa shape index (κ3) is 5.02. The number of nitrogens with one attached hydrogen (secondary N) is 1. The Morgan fingerprint density at radius 2 is 2.03 bits per heavy atom. The lowest BCUT2D eigenvalue weighted by Crippen LogP contribution is -2.33. The van der Waals surface area contributed by atoms with Gasteiger partial charge in [-0.05, 0) is 48.1 Å². The van der Waals surface area contributed by atoms with Gasteiger partial charge in [-0.15, -0.1) is 0 Å². The maximum absolute atomic E-state index is 13.0. The number of nitrogens with zero attached hydrogens (tertiary/aromatic N) is 2. The lowest BCUT2D eigenvalue weighted by molar-refractivity contribution is -0.123. The number of ether oxygens (including phenoxy) is 1. The van der Waals surface area contributed by atoms with Gasteiger partial charge in [0.05, 0.1) is 18.9 Å². The molecule has 1 N–H and O–H groups in total. The molecule has 0 fully saturated rings. The van der Waals surface area contributed by atoms with Gasteiger partial charge in [-0.2, -0.15) is 5.10 Å². The second-order valence-corrected chi connectivity index (χ2v) is 7.38. The predicted octanol–water partition coefficient (Wildman–Crippen LogP) is 3.69. The topological polar surface area (TPSA) is 56.1 Å². The van der Waals surface area contributed by atoms with Gasteiger partial charge in [0, 0.05) is 12.5 Å². The average molecular weight is 393 g/mol. The van der Waals surface area contributed by atoms with Crippen molar-refractivity contribution in [3.05, 3.63) is 83.4 Å². The Balaban J connectivity index is 1.24. The van der Waals surface area contributed by atoms with Crippen molar-refractivity contribution in [2.45, 2.75) is 31.7 Å². The molecule has 5 nitrogen and oxygen atoms in total. The van der Waals surface area contributed by atoms with Crippen LogP contribution in [0.2, 0.25) is 0 Å². The first-order chi connectivity index (χ1) is 14.2. The zero-order valence-corrected chi connectivity index (χ0v) is 16.2. The quantitative estimate of drug-likeness (QED) is 0.666. The summed E-state index contributed by atoms with van der Waals surface area (Å²) in [5.74, 6) is 0.493. The molecular weight excluding hydrogens is 369 g/mol. The molecular formula is C23H24FN3O2. The number of rotatable bonds is 7. The molecule has 1 aromatic heterocycles. The molecule has 0 bridgehead atoms. The minimum absolute atomic E-state index is 0.0450. The fraction of sp³-hybridized carbons (Fsp3) is 0.304. The molecule has 6 heteroatoms. The van der Waals surface area contributed by atoms with E-state index in [1.807, 2.05) is 0 Å². The smallest absolute Gasteiger partial charge is 0.257 e. The summed E-state index contributed by atoms with van der Waals surface area (Å²) in [6.45, 7) is 1.09. The summed E-state index contributed by atoms with van der Waals surface area (Å²) in [7, 11) is 0.